The molecule has 1 aliphatic rings. The number of imide groups is 1. The van der Waals surface area contributed by atoms with Gasteiger partial charge in [0.05, 0.1) is 11.4 Å². The molecule has 2 amide bonds. The lowest BCUT2D eigenvalue weighted by Crippen LogP contribution is -3.00. The maximum Gasteiger partial charge on any atom is 0.261 e. The van der Waals surface area contributed by atoms with Gasteiger partial charge in [-0.2, -0.15) is 10.2 Å². The van der Waals surface area contributed by atoms with Gasteiger partial charge in [-0.1, -0.05) is 70.9 Å². The van der Waals surface area contributed by atoms with E-state index in [-0.39, 0.29) is 45.8 Å². The van der Waals surface area contributed by atoms with Gasteiger partial charge in [-0.05, 0) is 71.3 Å². The van der Waals surface area contributed by atoms with E-state index in [9.17, 15) is 9.59 Å². The maximum absolute atomic E-state index is 13.1. The number of alkyl halides is 1. The Balaban J connectivity index is 0.00000261. The number of hydrogen-bond donors (Lipinski definition) is 0. The van der Waals surface area contributed by atoms with E-state index in [1.54, 1.807) is 0 Å². The van der Waals surface area contributed by atoms with Crippen LogP contribution in [0.2, 0.25) is 0 Å². The maximum atomic E-state index is 13.1. The number of nitrogens with zero attached hydrogens (tertiary/aromatic N) is 5. The Morgan fingerprint density at radius 1 is 0.558 bits per heavy atom. The van der Waals surface area contributed by atoms with E-state index in [0.717, 1.165) is 66.3 Å². The van der Waals surface area contributed by atoms with Crippen molar-refractivity contribution in [2.24, 2.45) is 10.2 Å². The molecule has 0 N–H and O–H groups in total. The summed E-state index contributed by atoms with van der Waals surface area (Å²) in [6.07, 6.45) is 12.3. The molecule has 0 saturated heterocycles. The first kappa shape index (κ1) is 38.8. The zero-order chi connectivity index (χ0) is 34.3. The molecule has 52 heavy (non-hydrogen) atoms. The van der Waals surface area contributed by atoms with Crippen LogP contribution < -0.4 is 43.1 Å². The molecule has 264 valence electrons. The van der Waals surface area contributed by atoms with Gasteiger partial charge in [0, 0.05) is 64.6 Å². The Labute approximate surface area is 333 Å². The summed E-state index contributed by atoms with van der Waals surface area (Å²) in [5.74, 6) is -0.359. The lowest BCUT2D eigenvalue weighted by atomic mass is 9.94. The molecule has 0 fully saturated rings. The van der Waals surface area contributed by atoms with E-state index >= 15 is 0 Å². The first-order valence-corrected chi connectivity index (χ1v) is 18.2. The van der Waals surface area contributed by atoms with Crippen LogP contribution in [0.4, 0.5) is 11.4 Å². The highest BCUT2D eigenvalue weighted by molar-refractivity contribution is 9.08. The molecule has 0 spiro atoms. The van der Waals surface area contributed by atoms with Gasteiger partial charge in [0.15, 0.2) is 31.3 Å². The molecule has 4 aromatic carbocycles. The standard InChI is InChI=1S/C42H38BrN5O2.2BrH/c43-29-31-11-15-36(16-12-31)44-45-37-17-13-32(14-18-37)30-47-27-21-34(22-28-47)33-19-25-46(26-20-33)23-3-1-2-4-24-48-41(49)38-9-5-7-35-8-6-10-39(40(35)38)42(48)50;;/h5-22,25-28H,1-4,23-24,29-30H2;2*1H/q+2;;/p-2. The molecule has 0 aliphatic carbocycles. The van der Waals surface area contributed by atoms with Crippen molar-refractivity contribution in [3.63, 3.8) is 0 Å². The summed E-state index contributed by atoms with van der Waals surface area (Å²) >= 11 is 3.46. The Bertz CT molecular complexity index is 2100. The second kappa shape index (κ2) is 18.4. The SMILES string of the molecule is O=C1c2cccc3cccc(c23)C(=O)N1CCCCCC[n+]1ccc(-c2cc[n+](Cc3ccc(N=Nc4ccc(CBr)cc4)cc3)cc2)cc1.[Br-].[Br-]. The van der Waals surface area contributed by atoms with Crippen molar-refractivity contribution in [2.75, 3.05) is 6.54 Å². The molecule has 10 heteroatoms. The van der Waals surface area contributed by atoms with Crippen molar-refractivity contribution in [1.29, 1.82) is 0 Å². The van der Waals surface area contributed by atoms with Gasteiger partial charge >= 0.3 is 0 Å². The number of amides is 2. The third-order valence-electron chi connectivity index (χ3n) is 9.19. The molecule has 1 aliphatic heterocycles. The van der Waals surface area contributed by atoms with Gasteiger partial charge in [-0.3, -0.25) is 14.5 Å². The molecule has 3 heterocycles. The van der Waals surface area contributed by atoms with E-state index in [1.165, 1.54) is 27.2 Å². The molecule has 7 rings (SSSR count). The number of pyridine rings is 2. The number of halogens is 3. The van der Waals surface area contributed by atoms with Crippen molar-refractivity contribution in [3.05, 3.63) is 156 Å². The lowest BCUT2D eigenvalue weighted by Gasteiger charge is -2.27. The quantitative estimate of drug-likeness (QED) is 0.0589. The molecule has 0 saturated carbocycles. The summed E-state index contributed by atoms with van der Waals surface area (Å²) in [6.45, 7) is 2.15. The lowest BCUT2D eigenvalue weighted by molar-refractivity contribution is -0.697. The molecule has 0 bridgehead atoms. The normalized spacial score (nSPS) is 12.2. The summed E-state index contributed by atoms with van der Waals surface area (Å²) in [5, 5.41) is 11.3. The van der Waals surface area contributed by atoms with Gasteiger partial charge in [-0.25, -0.2) is 9.13 Å². The number of rotatable bonds is 13. The number of unbranched alkanes of at least 4 members (excludes halogenated alkanes) is 3. The van der Waals surface area contributed by atoms with Crippen molar-refractivity contribution < 1.29 is 52.7 Å². The molecule has 0 radical (unpaired) electrons. The Morgan fingerprint density at radius 3 is 1.60 bits per heavy atom. The number of carbonyl (C=O) groups is 2. The fraction of sp³-hybridized carbons (Fsp3) is 0.190. The summed E-state index contributed by atoms with van der Waals surface area (Å²) in [4.78, 5) is 27.6. The zero-order valence-corrected chi connectivity index (χ0v) is 33.3. The molecular formula is C42H38Br3N5O2. The topological polar surface area (TPSA) is 69.9 Å². The highest BCUT2D eigenvalue weighted by atomic mass is 79.9. The van der Waals surface area contributed by atoms with Gasteiger partial charge < -0.3 is 34.0 Å². The smallest absolute Gasteiger partial charge is 0.261 e. The van der Waals surface area contributed by atoms with E-state index in [4.69, 9.17) is 0 Å². The van der Waals surface area contributed by atoms with Crippen molar-refractivity contribution in [3.8, 4) is 11.1 Å². The Kier molecular flexibility index (Phi) is 13.7. The van der Waals surface area contributed by atoms with Crippen LogP contribution in [-0.2, 0) is 18.4 Å². The minimum atomic E-state index is -0.180. The monoisotopic (exact) mass is 881 g/mol. The van der Waals surface area contributed by atoms with Gasteiger partial charge in [0.25, 0.3) is 11.8 Å². The number of aromatic nitrogens is 2. The zero-order valence-electron chi connectivity index (χ0n) is 28.5. The van der Waals surface area contributed by atoms with Crippen LogP contribution in [-0.4, -0.2) is 23.3 Å². The average Bonchev–Trinajstić information content (AvgIpc) is 3.17. The van der Waals surface area contributed by atoms with Crippen LogP contribution in [0.1, 0.15) is 57.5 Å². The highest BCUT2D eigenvalue weighted by Gasteiger charge is 2.32. The summed E-state index contributed by atoms with van der Waals surface area (Å²) in [7, 11) is 0. The predicted octanol–water partition coefficient (Wildman–Crippen LogP) is 3.31. The first-order chi connectivity index (χ1) is 24.6. The van der Waals surface area contributed by atoms with Crippen LogP contribution in [0.15, 0.2) is 144 Å². The second-order valence-corrected chi connectivity index (χ2v) is 13.2. The fourth-order valence-corrected chi connectivity index (χ4v) is 6.78. The van der Waals surface area contributed by atoms with Crippen molar-refractivity contribution in [1.82, 2.24) is 4.90 Å². The number of carbonyl (C=O) groups excluding carboxylic acids is 2. The van der Waals surface area contributed by atoms with Gasteiger partial charge in [0.1, 0.15) is 6.54 Å². The molecule has 0 unspecified atom stereocenters. The molecular weight excluding hydrogens is 846 g/mol. The molecule has 2 aromatic heterocycles. The minimum Gasteiger partial charge on any atom is -1.00 e. The van der Waals surface area contributed by atoms with Crippen LogP contribution in [0.5, 0.6) is 0 Å². The molecule has 6 aromatic rings. The van der Waals surface area contributed by atoms with Crippen molar-refractivity contribution >= 4 is 49.9 Å². The number of aryl methyl sites for hydroxylation is 1. The van der Waals surface area contributed by atoms with E-state index in [0.29, 0.717) is 17.7 Å². The third kappa shape index (κ3) is 9.15. The molecule has 7 nitrogen and oxygen atoms in total. The van der Waals surface area contributed by atoms with Gasteiger partial charge in [0.2, 0.25) is 0 Å². The number of benzene rings is 4. The highest BCUT2D eigenvalue weighted by Crippen LogP contribution is 2.30. The summed E-state index contributed by atoms with van der Waals surface area (Å²) in [5.41, 5.74) is 7.68. The van der Waals surface area contributed by atoms with E-state index in [1.807, 2.05) is 72.8 Å². The average molecular weight is 885 g/mol. The predicted molar refractivity (Wildman–Crippen MR) is 199 cm³/mol. The number of azo groups is 1. The summed E-state index contributed by atoms with van der Waals surface area (Å²) < 4.78 is 4.39. The third-order valence-corrected chi connectivity index (χ3v) is 9.84. The van der Waals surface area contributed by atoms with Gasteiger partial charge in [-0.15, -0.1) is 0 Å². The Morgan fingerprint density at radius 2 is 1.06 bits per heavy atom. The first-order valence-electron chi connectivity index (χ1n) is 17.1. The fourth-order valence-electron chi connectivity index (χ4n) is 6.40. The Hall–Kier alpha value is -4.38. The largest absolute Gasteiger partial charge is 1.00 e. The second-order valence-electron chi connectivity index (χ2n) is 12.6. The van der Waals surface area contributed by atoms with Crippen LogP contribution in [0.25, 0.3) is 21.9 Å². The number of hydrogen-bond acceptors (Lipinski definition) is 4. The molecule has 0 atom stereocenters. The van der Waals surface area contributed by atoms with Crippen LogP contribution >= 0.6 is 15.9 Å². The summed E-state index contributed by atoms with van der Waals surface area (Å²) in [6, 6.07) is 36.2. The van der Waals surface area contributed by atoms with Crippen LogP contribution in [0, 0.1) is 0 Å². The van der Waals surface area contributed by atoms with E-state index < -0.39 is 0 Å². The van der Waals surface area contributed by atoms with Crippen molar-refractivity contribution in [2.45, 2.75) is 44.1 Å². The minimum absolute atomic E-state index is 0. The van der Waals surface area contributed by atoms with E-state index in [2.05, 4.69) is 96.5 Å². The van der Waals surface area contributed by atoms with Crippen LogP contribution in [0.3, 0.4) is 0 Å².